The highest BCUT2D eigenvalue weighted by atomic mass is 79.9. The van der Waals surface area contributed by atoms with Crippen LogP contribution >= 0.6 is 15.9 Å². The molecule has 0 bridgehead atoms. The van der Waals surface area contributed by atoms with E-state index in [9.17, 15) is 13.6 Å². The lowest BCUT2D eigenvalue weighted by molar-refractivity contribution is 0.0957. The van der Waals surface area contributed by atoms with Crippen LogP contribution in [0.5, 0.6) is 0 Å². The number of hydrogen-bond donors (Lipinski definition) is 1. The van der Waals surface area contributed by atoms with Gasteiger partial charge in [0, 0.05) is 22.7 Å². The van der Waals surface area contributed by atoms with E-state index in [1.165, 1.54) is 0 Å². The third kappa shape index (κ3) is 3.79. The maximum Gasteiger partial charge on any atom is 0.251 e. The summed E-state index contributed by atoms with van der Waals surface area (Å²) in [6.07, 6.45) is 0. The molecule has 0 saturated carbocycles. The molecule has 0 heterocycles. The fourth-order valence-electron chi connectivity index (χ4n) is 0.963. The molecule has 1 rings (SSSR count). The third-order valence-electron chi connectivity index (χ3n) is 1.57. The monoisotopic (exact) mass is 275 g/mol. The molecule has 0 saturated heterocycles. The Kier molecular flexibility index (Phi) is 3.96. The maximum atomic E-state index is 12.7. The van der Waals surface area contributed by atoms with E-state index in [0.29, 0.717) is 10.5 Å². The van der Waals surface area contributed by atoms with E-state index in [-0.39, 0.29) is 12.1 Å². The number of benzene rings is 1. The maximum absolute atomic E-state index is 12.7. The van der Waals surface area contributed by atoms with Gasteiger partial charge in [0.25, 0.3) is 5.91 Å². The van der Waals surface area contributed by atoms with Gasteiger partial charge in [-0.15, -0.1) is 0 Å². The molecule has 0 aliphatic rings. The van der Waals surface area contributed by atoms with E-state index in [4.69, 9.17) is 0 Å². The third-order valence-corrected chi connectivity index (χ3v) is 1.85. The van der Waals surface area contributed by atoms with Crippen LogP contribution in [0.25, 0.3) is 0 Å². The Bertz CT molecular complexity index is 386. The quantitative estimate of drug-likeness (QED) is 0.903. The van der Waals surface area contributed by atoms with Crippen LogP contribution in [0.1, 0.15) is 10.4 Å². The van der Waals surface area contributed by atoms with Gasteiger partial charge in [0.1, 0.15) is 11.6 Å². The number of carbonyl (C=O) groups is 1. The Morgan fingerprint density at radius 3 is 2.33 bits per heavy atom. The molecule has 0 fully saturated rings. The molecule has 0 atom stereocenters. The standard InChI is InChI=1S/C10H8BrF2NO/c1-6(11)5-14-10(15)7-2-8(12)4-9(13)3-7/h2-4H,1,5H2,(H,14,15). The van der Waals surface area contributed by atoms with Gasteiger partial charge in [0.2, 0.25) is 0 Å². The molecule has 1 amide bonds. The number of hydrogen-bond acceptors (Lipinski definition) is 1. The zero-order valence-electron chi connectivity index (χ0n) is 7.69. The molecule has 80 valence electrons. The highest BCUT2D eigenvalue weighted by molar-refractivity contribution is 9.11. The molecule has 15 heavy (non-hydrogen) atoms. The zero-order valence-corrected chi connectivity index (χ0v) is 9.27. The summed E-state index contributed by atoms with van der Waals surface area (Å²) in [6, 6.07) is 2.64. The molecule has 1 N–H and O–H groups in total. The van der Waals surface area contributed by atoms with Gasteiger partial charge in [-0.3, -0.25) is 4.79 Å². The lowest BCUT2D eigenvalue weighted by Gasteiger charge is -2.04. The molecular weight excluding hydrogens is 268 g/mol. The second-order valence-corrected chi connectivity index (χ2v) is 3.98. The molecule has 0 spiro atoms. The average Bonchev–Trinajstić information content (AvgIpc) is 2.12. The minimum atomic E-state index is -0.780. The van der Waals surface area contributed by atoms with Crippen LogP contribution in [-0.4, -0.2) is 12.5 Å². The van der Waals surface area contributed by atoms with Crippen LogP contribution in [0.4, 0.5) is 8.78 Å². The highest BCUT2D eigenvalue weighted by Crippen LogP contribution is 2.08. The molecule has 1 aromatic rings. The van der Waals surface area contributed by atoms with Gasteiger partial charge in [-0.1, -0.05) is 22.5 Å². The summed E-state index contributed by atoms with van der Waals surface area (Å²) in [5.74, 6) is -2.11. The van der Waals surface area contributed by atoms with Crippen LogP contribution in [-0.2, 0) is 0 Å². The molecule has 0 aliphatic carbocycles. The van der Waals surface area contributed by atoms with Gasteiger partial charge in [-0.25, -0.2) is 8.78 Å². The fourth-order valence-corrected chi connectivity index (χ4v) is 1.10. The molecule has 1 aromatic carbocycles. The molecule has 0 aromatic heterocycles. The largest absolute Gasteiger partial charge is 0.347 e. The van der Waals surface area contributed by atoms with Crippen molar-refractivity contribution in [1.29, 1.82) is 0 Å². The molecule has 0 radical (unpaired) electrons. The van der Waals surface area contributed by atoms with Crippen molar-refractivity contribution < 1.29 is 13.6 Å². The lowest BCUT2D eigenvalue weighted by atomic mass is 10.2. The number of nitrogens with one attached hydrogen (secondary N) is 1. The summed E-state index contributed by atoms with van der Waals surface area (Å²) in [7, 11) is 0. The van der Waals surface area contributed by atoms with Crippen molar-refractivity contribution in [3.8, 4) is 0 Å². The lowest BCUT2D eigenvalue weighted by Crippen LogP contribution is -2.24. The fraction of sp³-hybridized carbons (Fsp3) is 0.100. The van der Waals surface area contributed by atoms with Gasteiger partial charge in [0.05, 0.1) is 0 Å². The van der Waals surface area contributed by atoms with Gasteiger partial charge in [0.15, 0.2) is 0 Å². The molecule has 2 nitrogen and oxygen atoms in total. The van der Waals surface area contributed by atoms with Crippen molar-refractivity contribution in [2.24, 2.45) is 0 Å². The Balaban J connectivity index is 2.77. The SMILES string of the molecule is C=C(Br)CNC(=O)c1cc(F)cc(F)c1. The summed E-state index contributed by atoms with van der Waals surface area (Å²) in [4.78, 5) is 11.3. The van der Waals surface area contributed by atoms with Crippen LogP contribution in [0, 0.1) is 11.6 Å². The van der Waals surface area contributed by atoms with E-state index in [0.717, 1.165) is 12.1 Å². The second-order valence-electron chi connectivity index (χ2n) is 2.86. The van der Waals surface area contributed by atoms with E-state index in [1.54, 1.807) is 0 Å². The van der Waals surface area contributed by atoms with Gasteiger partial charge < -0.3 is 5.32 Å². The predicted molar refractivity (Wildman–Crippen MR) is 56.8 cm³/mol. The molecular formula is C10H8BrF2NO. The van der Waals surface area contributed by atoms with E-state index in [1.807, 2.05) is 0 Å². The summed E-state index contributed by atoms with van der Waals surface area (Å²) in [5.41, 5.74) is -0.0544. The van der Waals surface area contributed by atoms with Crippen LogP contribution in [0.15, 0.2) is 29.3 Å². The van der Waals surface area contributed by atoms with E-state index >= 15 is 0 Å². The summed E-state index contributed by atoms with van der Waals surface area (Å²) >= 11 is 3.05. The first-order valence-electron chi connectivity index (χ1n) is 4.06. The predicted octanol–water partition coefficient (Wildman–Crippen LogP) is 2.60. The van der Waals surface area contributed by atoms with Gasteiger partial charge in [-0.2, -0.15) is 0 Å². The van der Waals surface area contributed by atoms with Crippen molar-refractivity contribution in [2.45, 2.75) is 0 Å². The van der Waals surface area contributed by atoms with Crippen molar-refractivity contribution >= 4 is 21.8 Å². The first-order valence-corrected chi connectivity index (χ1v) is 4.86. The number of amides is 1. The number of carbonyl (C=O) groups excluding carboxylic acids is 1. The molecule has 0 unspecified atom stereocenters. The number of rotatable bonds is 3. The summed E-state index contributed by atoms with van der Waals surface area (Å²) < 4.78 is 26.1. The normalized spacial score (nSPS) is 9.80. The minimum Gasteiger partial charge on any atom is -0.347 e. The van der Waals surface area contributed by atoms with Crippen LogP contribution in [0.3, 0.4) is 0 Å². The highest BCUT2D eigenvalue weighted by Gasteiger charge is 2.08. The second kappa shape index (κ2) is 5.02. The van der Waals surface area contributed by atoms with E-state index in [2.05, 4.69) is 27.8 Å². The number of halogens is 3. The van der Waals surface area contributed by atoms with Crippen molar-refractivity contribution in [2.75, 3.05) is 6.54 Å². The zero-order chi connectivity index (χ0) is 11.4. The first kappa shape index (κ1) is 11.8. The van der Waals surface area contributed by atoms with Crippen molar-refractivity contribution in [3.63, 3.8) is 0 Å². The topological polar surface area (TPSA) is 29.1 Å². The Labute approximate surface area is 94.1 Å². The molecule has 0 aliphatic heterocycles. The van der Waals surface area contributed by atoms with Crippen molar-refractivity contribution in [3.05, 3.63) is 46.5 Å². The summed E-state index contributed by atoms with van der Waals surface area (Å²) in [6.45, 7) is 3.71. The first-order chi connectivity index (χ1) is 6.99. The van der Waals surface area contributed by atoms with Crippen LogP contribution < -0.4 is 5.32 Å². The Morgan fingerprint density at radius 2 is 1.87 bits per heavy atom. The van der Waals surface area contributed by atoms with Crippen molar-refractivity contribution in [1.82, 2.24) is 5.32 Å². The average molecular weight is 276 g/mol. The Hall–Kier alpha value is -1.23. The smallest absolute Gasteiger partial charge is 0.251 e. The van der Waals surface area contributed by atoms with Gasteiger partial charge >= 0.3 is 0 Å². The van der Waals surface area contributed by atoms with Crippen LogP contribution in [0.2, 0.25) is 0 Å². The minimum absolute atomic E-state index is 0.0544. The molecule has 5 heteroatoms. The van der Waals surface area contributed by atoms with E-state index < -0.39 is 17.5 Å². The summed E-state index contributed by atoms with van der Waals surface area (Å²) in [5, 5.41) is 2.43. The van der Waals surface area contributed by atoms with Gasteiger partial charge in [-0.05, 0) is 12.1 Å². The Morgan fingerprint density at radius 1 is 1.33 bits per heavy atom.